The van der Waals surface area contributed by atoms with E-state index >= 15 is 0 Å². The minimum absolute atomic E-state index is 0.0470. The maximum Gasteiger partial charge on any atom is 0.230 e. The van der Waals surface area contributed by atoms with E-state index in [0.717, 1.165) is 51.4 Å². The van der Waals surface area contributed by atoms with E-state index in [9.17, 15) is 18.0 Å². The Kier molecular flexibility index (Phi) is 7.92. The van der Waals surface area contributed by atoms with Crippen molar-refractivity contribution in [2.75, 3.05) is 37.7 Å². The van der Waals surface area contributed by atoms with Crippen LogP contribution in [-0.2, 0) is 19.4 Å². The fourth-order valence-electron chi connectivity index (χ4n) is 12.4. The summed E-state index contributed by atoms with van der Waals surface area (Å²) in [4.78, 5) is 28.6. The molecular formula is C37H60N2O4S. The van der Waals surface area contributed by atoms with Gasteiger partial charge in [-0.05, 0) is 110 Å². The number of sulfone groups is 1. The van der Waals surface area contributed by atoms with Crippen LogP contribution >= 0.6 is 0 Å². The molecule has 0 aromatic carbocycles. The van der Waals surface area contributed by atoms with Crippen LogP contribution in [0.1, 0.15) is 119 Å². The molecule has 0 aromatic heterocycles. The van der Waals surface area contributed by atoms with Gasteiger partial charge < -0.3 is 10.1 Å². The molecule has 7 heteroatoms. The Morgan fingerprint density at radius 1 is 0.864 bits per heavy atom. The van der Waals surface area contributed by atoms with Crippen molar-refractivity contribution in [1.29, 1.82) is 0 Å². The third kappa shape index (κ3) is 4.82. The first-order chi connectivity index (χ1) is 20.4. The van der Waals surface area contributed by atoms with Crippen molar-refractivity contribution in [1.82, 2.24) is 10.2 Å². The molecule has 0 aromatic rings. The summed E-state index contributed by atoms with van der Waals surface area (Å²) in [6.07, 6.45) is 13.2. The molecule has 0 bridgehead atoms. The molecule has 6 aliphatic rings. The molecule has 6 rings (SSSR count). The largest absolute Gasteiger partial charge is 0.354 e. The minimum Gasteiger partial charge on any atom is -0.354 e. The van der Waals surface area contributed by atoms with E-state index < -0.39 is 15.3 Å². The van der Waals surface area contributed by atoms with E-state index in [1.807, 2.05) is 0 Å². The predicted molar refractivity (Wildman–Crippen MR) is 177 cm³/mol. The molecule has 4 saturated carbocycles. The zero-order valence-corrected chi connectivity index (χ0v) is 29.6. The number of nitrogens with one attached hydrogen (secondary N) is 1. The molecule has 0 unspecified atom stereocenters. The number of nitrogens with zero attached hydrogens (tertiary/aromatic N) is 1. The van der Waals surface area contributed by atoms with Crippen molar-refractivity contribution < 1.29 is 18.0 Å². The Bertz CT molecular complexity index is 1320. The van der Waals surface area contributed by atoms with E-state index in [1.165, 1.54) is 31.1 Å². The summed E-state index contributed by atoms with van der Waals surface area (Å²) < 4.78 is 23.7. The monoisotopic (exact) mass is 628 g/mol. The van der Waals surface area contributed by atoms with Gasteiger partial charge in [0.2, 0.25) is 5.91 Å². The summed E-state index contributed by atoms with van der Waals surface area (Å²) >= 11 is 0. The first kappa shape index (κ1) is 32.7. The molecule has 5 fully saturated rings. The Balaban J connectivity index is 1.29. The van der Waals surface area contributed by atoms with E-state index in [4.69, 9.17) is 0 Å². The zero-order chi connectivity index (χ0) is 32.0. The smallest absolute Gasteiger partial charge is 0.230 e. The molecule has 7 atom stereocenters. The average Bonchev–Trinajstić information content (AvgIpc) is 2.93. The van der Waals surface area contributed by atoms with Crippen LogP contribution in [0, 0.1) is 50.2 Å². The van der Waals surface area contributed by atoms with Crippen LogP contribution in [0.15, 0.2) is 11.1 Å². The highest BCUT2D eigenvalue weighted by Crippen LogP contribution is 2.76. The van der Waals surface area contributed by atoms with Gasteiger partial charge in [-0.25, -0.2) is 8.42 Å². The van der Waals surface area contributed by atoms with Gasteiger partial charge in [0.25, 0.3) is 0 Å². The zero-order valence-electron chi connectivity index (χ0n) is 28.8. The second kappa shape index (κ2) is 10.7. The number of carbonyl (C=O) groups is 2. The highest BCUT2D eigenvalue weighted by atomic mass is 32.2. The summed E-state index contributed by atoms with van der Waals surface area (Å²) in [5.41, 5.74) is 3.51. The summed E-state index contributed by atoms with van der Waals surface area (Å²) in [7, 11) is -2.90. The molecule has 1 N–H and O–H groups in total. The van der Waals surface area contributed by atoms with Gasteiger partial charge in [0.1, 0.15) is 6.29 Å². The molecule has 6 nitrogen and oxygen atoms in total. The van der Waals surface area contributed by atoms with Crippen LogP contribution in [0.2, 0.25) is 0 Å². The first-order valence-electron chi connectivity index (χ1n) is 17.8. The fourth-order valence-corrected chi connectivity index (χ4v) is 13.7. The number of fused-ring (bicyclic) bond motifs is 6. The Labute approximate surface area is 267 Å². The maximum absolute atomic E-state index is 14.3. The van der Waals surface area contributed by atoms with Gasteiger partial charge in [-0.2, -0.15) is 0 Å². The molecule has 1 aliphatic heterocycles. The highest BCUT2D eigenvalue weighted by molar-refractivity contribution is 7.91. The number of hydrogen-bond donors (Lipinski definition) is 1. The van der Waals surface area contributed by atoms with Crippen LogP contribution < -0.4 is 5.32 Å². The third-order valence-electron chi connectivity index (χ3n) is 15.4. The van der Waals surface area contributed by atoms with Gasteiger partial charge >= 0.3 is 0 Å². The van der Waals surface area contributed by atoms with Gasteiger partial charge in [-0.15, -0.1) is 0 Å². The van der Waals surface area contributed by atoms with Crippen LogP contribution in [-0.4, -0.2) is 63.2 Å². The lowest BCUT2D eigenvalue weighted by molar-refractivity contribution is -0.192. The lowest BCUT2D eigenvalue weighted by Gasteiger charge is -2.71. The van der Waals surface area contributed by atoms with Crippen molar-refractivity contribution in [3.8, 4) is 0 Å². The van der Waals surface area contributed by atoms with E-state index in [1.54, 1.807) is 5.57 Å². The molecule has 1 saturated heterocycles. The topological polar surface area (TPSA) is 83.6 Å². The van der Waals surface area contributed by atoms with Crippen molar-refractivity contribution in [2.24, 2.45) is 50.2 Å². The van der Waals surface area contributed by atoms with Crippen molar-refractivity contribution in [3.05, 3.63) is 11.1 Å². The molecule has 44 heavy (non-hydrogen) atoms. The summed E-state index contributed by atoms with van der Waals surface area (Å²) in [6, 6.07) is 0. The summed E-state index contributed by atoms with van der Waals surface area (Å²) in [6.45, 7) is 19.8. The van der Waals surface area contributed by atoms with Crippen LogP contribution in [0.3, 0.4) is 0 Å². The van der Waals surface area contributed by atoms with E-state index in [-0.39, 0.29) is 50.4 Å². The fraction of sp³-hybridized carbons (Fsp3) is 0.892. The number of rotatable bonds is 5. The standard InChI is InChI=1S/C37H60N2O4S/c1-32(2)14-16-37(31(41)38-18-19-39-20-22-44(42,43)23-21-39)17-15-35(6)27(28(37)24-32)8-9-30-34(5)12-10-26(25-40)33(3,4)29(34)11-13-36(30,35)7/h25-26,29-30H,8-24H2,1-7H3,(H,38,41)/t26-,29+,30-,34+,35-,36-,37+/m1/s1. The number of aldehydes is 1. The highest BCUT2D eigenvalue weighted by Gasteiger charge is 2.68. The SMILES string of the molecule is CC1(C)CC[C@]2(C(=O)NCCN3CCS(=O)(=O)CC3)CC[C@]3(C)C(=C2C1)CC[C@@H]1[C@@]2(C)CC[C@H](C=O)C(C)(C)[C@@H]2CC[C@]13C. The third-order valence-corrected chi connectivity index (χ3v) is 17.0. The second-order valence-electron chi connectivity index (χ2n) is 18.2. The summed E-state index contributed by atoms with van der Waals surface area (Å²) in [5, 5.41) is 3.38. The first-order valence-corrected chi connectivity index (χ1v) is 19.7. The Morgan fingerprint density at radius 2 is 1.55 bits per heavy atom. The Hall–Kier alpha value is -1.21. The van der Waals surface area contributed by atoms with Gasteiger partial charge in [0, 0.05) is 32.1 Å². The summed E-state index contributed by atoms with van der Waals surface area (Å²) in [5.74, 6) is 2.06. The molecule has 1 amide bonds. The van der Waals surface area contributed by atoms with Gasteiger partial charge in [0.05, 0.1) is 16.9 Å². The molecule has 1 heterocycles. The maximum atomic E-state index is 14.3. The van der Waals surface area contributed by atoms with Crippen molar-refractivity contribution in [3.63, 3.8) is 0 Å². The average molecular weight is 629 g/mol. The van der Waals surface area contributed by atoms with Crippen LogP contribution in [0.4, 0.5) is 0 Å². The number of amides is 1. The minimum atomic E-state index is -2.90. The van der Waals surface area contributed by atoms with Gasteiger partial charge in [-0.3, -0.25) is 9.69 Å². The van der Waals surface area contributed by atoms with Crippen LogP contribution in [0.25, 0.3) is 0 Å². The number of hydrogen-bond acceptors (Lipinski definition) is 5. The Morgan fingerprint density at radius 3 is 2.23 bits per heavy atom. The number of allylic oxidation sites excluding steroid dienone is 1. The van der Waals surface area contributed by atoms with E-state index in [0.29, 0.717) is 38.0 Å². The molecule has 248 valence electrons. The quantitative estimate of drug-likeness (QED) is 0.274. The lowest BCUT2D eigenvalue weighted by atomic mass is 9.33. The van der Waals surface area contributed by atoms with Gasteiger partial charge in [-0.1, -0.05) is 59.6 Å². The van der Waals surface area contributed by atoms with Gasteiger partial charge in [0.15, 0.2) is 9.84 Å². The number of carbonyl (C=O) groups excluding carboxylic acids is 2. The van der Waals surface area contributed by atoms with E-state index in [2.05, 4.69) is 58.7 Å². The molecule has 0 spiro atoms. The van der Waals surface area contributed by atoms with Crippen molar-refractivity contribution in [2.45, 2.75) is 119 Å². The van der Waals surface area contributed by atoms with Crippen LogP contribution in [0.5, 0.6) is 0 Å². The second-order valence-corrected chi connectivity index (χ2v) is 20.5. The molecule has 5 aliphatic carbocycles. The molecular weight excluding hydrogens is 568 g/mol. The lowest BCUT2D eigenvalue weighted by Crippen LogP contribution is -2.64. The normalized spacial score (nSPS) is 44.4. The predicted octanol–water partition coefficient (Wildman–Crippen LogP) is 6.59. The van der Waals surface area contributed by atoms with Crippen molar-refractivity contribution >= 4 is 22.0 Å². The molecule has 0 radical (unpaired) electrons.